The van der Waals surface area contributed by atoms with Crippen molar-refractivity contribution in [3.05, 3.63) is 0 Å². The van der Waals surface area contributed by atoms with E-state index < -0.39 is 7.52 Å². The van der Waals surface area contributed by atoms with Gasteiger partial charge in [-0.2, -0.15) is 0 Å². The fourth-order valence-electron chi connectivity index (χ4n) is 3.91. The van der Waals surface area contributed by atoms with Crippen LogP contribution in [0.4, 0.5) is 8.90 Å². The maximum Gasteiger partial charge on any atom is -0.269 e. The molecule has 0 rings (SSSR count). The van der Waals surface area contributed by atoms with Crippen molar-refractivity contribution in [1.82, 2.24) is 18.7 Å². The van der Waals surface area contributed by atoms with E-state index in [1.807, 2.05) is 0 Å². The Bertz CT molecular complexity index is 245. The first-order valence-electron chi connectivity index (χ1n) is 9.16. The van der Waals surface area contributed by atoms with Gasteiger partial charge in [0, 0.05) is 0 Å². The maximum absolute atomic E-state index is 17.7. The summed E-state index contributed by atoms with van der Waals surface area (Å²) in [5, 5.41) is 0. The first-order chi connectivity index (χ1) is 10.4. The van der Waals surface area contributed by atoms with Gasteiger partial charge in [0.05, 0.1) is 0 Å². The molecule has 0 fully saturated rings. The summed E-state index contributed by atoms with van der Waals surface area (Å²) in [4.78, 5) is 0. The van der Waals surface area contributed by atoms with Crippen LogP contribution in [-0.4, -0.2) is 71.0 Å². The summed E-state index contributed by atoms with van der Waals surface area (Å²) in [5.41, 5.74) is 0. The van der Waals surface area contributed by atoms with Crippen LogP contribution in [0, 0.1) is 0 Å². The summed E-state index contributed by atoms with van der Waals surface area (Å²) in [6, 6.07) is 0. The molecule has 0 atom stereocenters. The third kappa shape index (κ3) is 3.87. The van der Waals surface area contributed by atoms with Gasteiger partial charge in [0.25, 0.3) is 0 Å². The van der Waals surface area contributed by atoms with Crippen LogP contribution in [0.5, 0.6) is 0 Å². The molecule has 0 spiro atoms. The first-order valence-corrected chi connectivity index (χ1v) is 11.1. The van der Waals surface area contributed by atoms with Crippen molar-refractivity contribution in [2.45, 2.75) is 55.4 Å². The topological polar surface area (TPSA) is 13.0 Å². The van der Waals surface area contributed by atoms with E-state index in [9.17, 15) is 0 Å². The van der Waals surface area contributed by atoms with Crippen LogP contribution in [0.1, 0.15) is 55.4 Å². The van der Waals surface area contributed by atoms with E-state index in [2.05, 4.69) is 74.1 Å². The first kappa shape index (κ1) is 25.4. The number of rotatable bonds is 12. The van der Waals surface area contributed by atoms with Crippen molar-refractivity contribution in [3.8, 4) is 0 Å². The van der Waals surface area contributed by atoms with Crippen LogP contribution >= 0.6 is 7.52 Å². The van der Waals surface area contributed by atoms with Gasteiger partial charge in [0.15, 0.2) is 0 Å². The predicted molar refractivity (Wildman–Crippen MR) is 102 cm³/mol. The van der Waals surface area contributed by atoms with Gasteiger partial charge < -0.3 is 0 Å². The van der Waals surface area contributed by atoms with Gasteiger partial charge >= 0.3 is 138 Å². The van der Waals surface area contributed by atoms with Gasteiger partial charge in [-0.15, -0.1) is 0 Å². The van der Waals surface area contributed by atoms with E-state index in [1.165, 1.54) is 0 Å². The summed E-state index contributed by atoms with van der Waals surface area (Å²) in [5.74, 6) is 0. The van der Waals surface area contributed by atoms with Gasteiger partial charge in [-0.05, 0) is 0 Å². The van der Waals surface area contributed by atoms with Crippen LogP contribution in [0.25, 0.3) is 0 Å². The monoisotopic (exact) mass is 358 g/mol. The molecule has 0 bridgehead atoms. The van der Waals surface area contributed by atoms with E-state index in [0.717, 1.165) is 52.4 Å². The zero-order chi connectivity index (χ0) is 17.4. The minimum atomic E-state index is -3.99. The Hall–Kier alpha value is 0.130. The summed E-state index contributed by atoms with van der Waals surface area (Å²) in [7, 11) is -3.99. The summed E-state index contributed by atoms with van der Waals surface area (Å²) < 4.78 is 26.1. The molecular weight excluding hydrogens is 317 g/mol. The molecule has 144 valence electrons. The van der Waals surface area contributed by atoms with Gasteiger partial charge in [-0.25, -0.2) is 0 Å². The van der Waals surface area contributed by atoms with Crippen molar-refractivity contribution < 1.29 is 8.90 Å². The Kier molecular flexibility index (Phi) is 12.0. The van der Waals surface area contributed by atoms with E-state index in [4.69, 9.17) is 0 Å². The molecule has 0 heterocycles. The van der Waals surface area contributed by atoms with Crippen LogP contribution in [0.2, 0.25) is 0 Å². The molecule has 0 radical (unpaired) electrons. The van der Waals surface area contributed by atoms with Crippen molar-refractivity contribution in [2.75, 3.05) is 52.4 Å². The molecular formula is C16H41F2N4P. The van der Waals surface area contributed by atoms with Crippen molar-refractivity contribution >= 4 is 7.52 Å². The second kappa shape index (κ2) is 10.9. The van der Waals surface area contributed by atoms with Gasteiger partial charge in [-0.3, -0.25) is 4.70 Å². The SMILES string of the molecule is CCN(CC)P(F)(N(CC)CC)(N(CC)CC)N(CC)CC.F. The average molecular weight is 359 g/mol. The molecule has 0 aliphatic carbocycles. The molecule has 4 nitrogen and oxygen atoms in total. The summed E-state index contributed by atoms with van der Waals surface area (Å²) >= 11 is 0. The molecule has 0 aromatic rings. The molecule has 0 unspecified atom stereocenters. The van der Waals surface area contributed by atoms with Crippen molar-refractivity contribution in [3.63, 3.8) is 0 Å². The van der Waals surface area contributed by atoms with E-state index in [1.54, 1.807) is 0 Å². The molecule has 0 saturated carbocycles. The van der Waals surface area contributed by atoms with Gasteiger partial charge in [0.2, 0.25) is 0 Å². The molecule has 0 aliphatic heterocycles. The number of nitrogens with zero attached hydrogens (tertiary/aromatic N) is 4. The minimum Gasteiger partial charge on any atom is -0.269 e. The third-order valence-corrected chi connectivity index (χ3v) is 11.0. The molecule has 23 heavy (non-hydrogen) atoms. The molecule has 0 aliphatic rings. The minimum absolute atomic E-state index is 0. The van der Waals surface area contributed by atoms with Crippen LogP contribution in [-0.2, 0) is 0 Å². The van der Waals surface area contributed by atoms with E-state index in [-0.39, 0.29) is 4.70 Å². The Morgan fingerprint density at radius 1 is 0.478 bits per heavy atom. The fraction of sp³-hybridized carbons (Fsp3) is 1.00. The second-order valence-corrected chi connectivity index (χ2v) is 9.34. The quantitative estimate of drug-likeness (QED) is 0.473. The largest absolute Gasteiger partial charge is 0.269 e. The summed E-state index contributed by atoms with van der Waals surface area (Å²) in [6.07, 6.45) is 0. The van der Waals surface area contributed by atoms with E-state index in [0.29, 0.717) is 0 Å². The molecule has 0 amide bonds. The fourth-order valence-corrected chi connectivity index (χ4v) is 9.95. The standard InChI is InChI=1S/C16H40FN4P.FH/c1-9-18(10-2)22(17,19(11-3)12-4,20(13-5)14-6)21(15-7)16-8;/h9-16H2,1-8H3;1H. The van der Waals surface area contributed by atoms with Crippen LogP contribution in [0.3, 0.4) is 0 Å². The smallest absolute Gasteiger partial charge is 0.269 e. The zero-order valence-electron chi connectivity index (χ0n) is 16.7. The average Bonchev–Trinajstić information content (AvgIpc) is 2.51. The molecule has 0 aromatic carbocycles. The third-order valence-electron chi connectivity index (χ3n) is 4.87. The molecule has 0 aromatic heterocycles. The maximum atomic E-state index is 17.7. The Labute approximate surface area is 143 Å². The number of hydrogen-bond acceptors (Lipinski definition) is 4. The Morgan fingerprint density at radius 2 is 0.609 bits per heavy atom. The zero-order valence-corrected chi connectivity index (χ0v) is 17.6. The number of hydrogen-bond donors (Lipinski definition) is 0. The van der Waals surface area contributed by atoms with Crippen molar-refractivity contribution in [2.24, 2.45) is 0 Å². The molecule has 0 saturated heterocycles. The Balaban J connectivity index is 0. The predicted octanol–water partition coefficient (Wildman–Crippen LogP) is 4.60. The molecule has 0 N–H and O–H groups in total. The normalized spacial score (nSPS) is 14.4. The Morgan fingerprint density at radius 3 is 0.696 bits per heavy atom. The van der Waals surface area contributed by atoms with E-state index >= 15 is 4.20 Å². The van der Waals surface area contributed by atoms with Crippen molar-refractivity contribution in [1.29, 1.82) is 0 Å². The van der Waals surface area contributed by atoms with Gasteiger partial charge in [0.1, 0.15) is 0 Å². The molecule has 7 heteroatoms. The second-order valence-electron chi connectivity index (χ2n) is 5.39. The summed E-state index contributed by atoms with van der Waals surface area (Å²) in [6.45, 7) is 22.5. The van der Waals surface area contributed by atoms with Crippen LogP contribution in [0.15, 0.2) is 0 Å². The van der Waals surface area contributed by atoms with Crippen LogP contribution < -0.4 is 0 Å². The van der Waals surface area contributed by atoms with Gasteiger partial charge in [-0.1, -0.05) is 0 Å². The number of halogens is 2.